The van der Waals surface area contributed by atoms with Gasteiger partial charge in [-0.1, -0.05) is 0 Å². The van der Waals surface area contributed by atoms with Crippen molar-refractivity contribution in [2.24, 2.45) is 5.73 Å². The van der Waals surface area contributed by atoms with Gasteiger partial charge in [-0.25, -0.2) is 0 Å². The predicted octanol–water partition coefficient (Wildman–Crippen LogP) is -0.0108. The van der Waals surface area contributed by atoms with Crippen molar-refractivity contribution in [1.82, 2.24) is 4.90 Å². The van der Waals surface area contributed by atoms with Gasteiger partial charge in [0.1, 0.15) is 6.04 Å². The van der Waals surface area contributed by atoms with Crippen molar-refractivity contribution in [1.29, 1.82) is 0 Å². The highest BCUT2D eigenvalue weighted by Crippen LogP contribution is 2.02. The second-order valence-corrected chi connectivity index (χ2v) is 3.95. The number of carbonyl (C=O) groups excluding carboxylic acids is 1. The van der Waals surface area contributed by atoms with E-state index in [-0.39, 0.29) is 5.97 Å². The van der Waals surface area contributed by atoms with Crippen LogP contribution < -0.4 is 5.73 Å². The maximum Gasteiger partial charge on any atom is 0.322 e. The first kappa shape index (κ1) is 13.4. The van der Waals surface area contributed by atoms with E-state index in [4.69, 9.17) is 15.2 Å². The van der Waals surface area contributed by atoms with E-state index in [2.05, 4.69) is 4.90 Å². The molecule has 1 unspecified atom stereocenters. The zero-order valence-electron chi connectivity index (χ0n) is 9.98. The Kier molecular flexibility index (Phi) is 6.37. The zero-order chi connectivity index (χ0) is 11.8. The maximum atomic E-state index is 11.3. The van der Waals surface area contributed by atoms with E-state index >= 15 is 0 Å². The lowest BCUT2D eigenvalue weighted by atomic mass is 10.2. The van der Waals surface area contributed by atoms with Crippen LogP contribution in [0.1, 0.15) is 19.8 Å². The molecule has 94 valence electrons. The Morgan fingerprint density at radius 1 is 1.50 bits per heavy atom. The van der Waals surface area contributed by atoms with Gasteiger partial charge < -0.3 is 20.1 Å². The zero-order valence-corrected chi connectivity index (χ0v) is 9.98. The molecule has 1 aliphatic heterocycles. The molecule has 1 saturated heterocycles. The molecule has 0 aromatic carbocycles. The molecule has 0 radical (unpaired) electrons. The number of carbonyl (C=O) groups is 1. The third-order valence-corrected chi connectivity index (χ3v) is 2.66. The molecular weight excluding hydrogens is 208 g/mol. The summed E-state index contributed by atoms with van der Waals surface area (Å²) >= 11 is 0. The SMILES string of the molecule is CCOC(=O)C(N)CCN1CCCOCC1. The minimum absolute atomic E-state index is 0.298. The molecule has 0 saturated carbocycles. The van der Waals surface area contributed by atoms with Gasteiger partial charge in [0.15, 0.2) is 0 Å². The van der Waals surface area contributed by atoms with Crippen molar-refractivity contribution in [3.63, 3.8) is 0 Å². The predicted molar refractivity (Wildman–Crippen MR) is 61.1 cm³/mol. The summed E-state index contributed by atoms with van der Waals surface area (Å²) in [5, 5.41) is 0. The molecule has 1 fully saturated rings. The van der Waals surface area contributed by atoms with Crippen molar-refractivity contribution < 1.29 is 14.3 Å². The van der Waals surface area contributed by atoms with E-state index in [0.29, 0.717) is 13.0 Å². The highest BCUT2D eigenvalue weighted by molar-refractivity contribution is 5.75. The lowest BCUT2D eigenvalue weighted by molar-refractivity contribution is -0.144. The van der Waals surface area contributed by atoms with Crippen molar-refractivity contribution in [3.05, 3.63) is 0 Å². The molecule has 1 aliphatic rings. The first-order valence-corrected chi connectivity index (χ1v) is 5.96. The lowest BCUT2D eigenvalue weighted by Crippen LogP contribution is -2.37. The largest absolute Gasteiger partial charge is 0.465 e. The molecule has 1 atom stereocenters. The summed E-state index contributed by atoms with van der Waals surface area (Å²) in [5.74, 6) is -0.298. The van der Waals surface area contributed by atoms with Gasteiger partial charge in [0.05, 0.1) is 13.2 Å². The van der Waals surface area contributed by atoms with Crippen molar-refractivity contribution >= 4 is 5.97 Å². The fourth-order valence-corrected chi connectivity index (χ4v) is 1.71. The van der Waals surface area contributed by atoms with Crippen LogP contribution in [0.3, 0.4) is 0 Å². The highest BCUT2D eigenvalue weighted by Gasteiger charge is 2.16. The molecule has 0 aliphatic carbocycles. The second-order valence-electron chi connectivity index (χ2n) is 3.95. The first-order valence-electron chi connectivity index (χ1n) is 5.96. The van der Waals surface area contributed by atoms with E-state index in [0.717, 1.165) is 39.3 Å². The van der Waals surface area contributed by atoms with Crippen molar-refractivity contribution in [2.75, 3.05) is 39.5 Å². The molecule has 16 heavy (non-hydrogen) atoms. The molecule has 0 aromatic rings. The van der Waals surface area contributed by atoms with E-state index < -0.39 is 6.04 Å². The Morgan fingerprint density at radius 3 is 3.06 bits per heavy atom. The van der Waals surface area contributed by atoms with Crippen LogP contribution in [0.5, 0.6) is 0 Å². The Balaban J connectivity index is 2.19. The third-order valence-electron chi connectivity index (χ3n) is 2.66. The fourth-order valence-electron chi connectivity index (χ4n) is 1.71. The molecule has 1 rings (SSSR count). The molecule has 0 amide bonds. The third kappa shape index (κ3) is 4.92. The topological polar surface area (TPSA) is 64.8 Å². The Hall–Kier alpha value is -0.650. The average Bonchev–Trinajstić information content (AvgIpc) is 2.54. The second kappa shape index (κ2) is 7.60. The number of rotatable bonds is 5. The monoisotopic (exact) mass is 230 g/mol. The summed E-state index contributed by atoms with van der Waals surface area (Å²) in [6.45, 7) is 6.57. The van der Waals surface area contributed by atoms with Crippen molar-refractivity contribution in [2.45, 2.75) is 25.8 Å². The lowest BCUT2D eigenvalue weighted by Gasteiger charge is -2.20. The van der Waals surface area contributed by atoms with E-state index in [1.165, 1.54) is 0 Å². The van der Waals surface area contributed by atoms with Crippen LogP contribution in [0, 0.1) is 0 Å². The van der Waals surface area contributed by atoms with Gasteiger partial charge in [-0.3, -0.25) is 4.79 Å². The van der Waals surface area contributed by atoms with E-state index in [9.17, 15) is 4.79 Å². The van der Waals surface area contributed by atoms with E-state index in [1.54, 1.807) is 6.92 Å². The number of ether oxygens (including phenoxy) is 2. The van der Waals surface area contributed by atoms with Gasteiger partial charge in [0, 0.05) is 26.2 Å². The normalized spacial score (nSPS) is 20.1. The molecule has 5 nitrogen and oxygen atoms in total. The quantitative estimate of drug-likeness (QED) is 0.673. The summed E-state index contributed by atoms with van der Waals surface area (Å²) in [5.41, 5.74) is 5.73. The van der Waals surface area contributed by atoms with Crippen LogP contribution in [0.15, 0.2) is 0 Å². The van der Waals surface area contributed by atoms with E-state index in [1.807, 2.05) is 0 Å². The summed E-state index contributed by atoms with van der Waals surface area (Å²) in [7, 11) is 0. The van der Waals surface area contributed by atoms with Crippen LogP contribution in [0.2, 0.25) is 0 Å². The van der Waals surface area contributed by atoms with Gasteiger partial charge in [-0.15, -0.1) is 0 Å². The van der Waals surface area contributed by atoms with Crippen LogP contribution in [0.4, 0.5) is 0 Å². The van der Waals surface area contributed by atoms with Crippen LogP contribution in [-0.2, 0) is 14.3 Å². The summed E-state index contributed by atoms with van der Waals surface area (Å²) in [4.78, 5) is 13.6. The van der Waals surface area contributed by atoms with Crippen LogP contribution in [-0.4, -0.2) is 56.4 Å². The molecule has 1 heterocycles. The Bertz CT molecular complexity index is 203. The standard InChI is InChI=1S/C11H22N2O3/c1-2-16-11(14)10(12)4-6-13-5-3-8-15-9-7-13/h10H,2-9,12H2,1H3. The number of hydrogen-bond acceptors (Lipinski definition) is 5. The Morgan fingerprint density at radius 2 is 2.31 bits per heavy atom. The number of nitrogens with zero attached hydrogens (tertiary/aromatic N) is 1. The van der Waals surface area contributed by atoms with Gasteiger partial charge in [0.2, 0.25) is 0 Å². The maximum absolute atomic E-state index is 11.3. The summed E-state index contributed by atoms with van der Waals surface area (Å²) < 4.78 is 10.2. The van der Waals surface area contributed by atoms with Crippen LogP contribution >= 0.6 is 0 Å². The molecular formula is C11H22N2O3. The van der Waals surface area contributed by atoms with Crippen LogP contribution in [0.25, 0.3) is 0 Å². The van der Waals surface area contributed by atoms with Crippen molar-refractivity contribution in [3.8, 4) is 0 Å². The fraction of sp³-hybridized carbons (Fsp3) is 0.909. The molecule has 5 heteroatoms. The Labute approximate surface area is 96.9 Å². The highest BCUT2D eigenvalue weighted by atomic mass is 16.5. The minimum atomic E-state index is -0.496. The number of hydrogen-bond donors (Lipinski definition) is 1. The van der Waals surface area contributed by atoms with Gasteiger partial charge in [-0.2, -0.15) is 0 Å². The summed E-state index contributed by atoms with van der Waals surface area (Å²) in [6.07, 6.45) is 1.70. The van der Waals surface area contributed by atoms with Gasteiger partial charge in [0.25, 0.3) is 0 Å². The molecule has 0 bridgehead atoms. The van der Waals surface area contributed by atoms with Gasteiger partial charge >= 0.3 is 5.97 Å². The summed E-state index contributed by atoms with van der Waals surface area (Å²) in [6, 6.07) is -0.496. The minimum Gasteiger partial charge on any atom is -0.465 e. The first-order chi connectivity index (χ1) is 7.74. The van der Waals surface area contributed by atoms with Gasteiger partial charge in [-0.05, 0) is 19.8 Å². The average molecular weight is 230 g/mol. The number of nitrogens with two attached hydrogens (primary N) is 1. The smallest absolute Gasteiger partial charge is 0.322 e. The molecule has 0 spiro atoms. The molecule has 0 aromatic heterocycles. The molecule has 2 N–H and O–H groups in total. The number of esters is 1.